The molecule has 1 aromatic carbocycles. The highest BCUT2D eigenvalue weighted by Gasteiger charge is 2.27. The highest BCUT2D eigenvalue weighted by Crippen LogP contribution is 2.30. The van der Waals surface area contributed by atoms with Crippen LogP contribution in [0.25, 0.3) is 0 Å². The van der Waals surface area contributed by atoms with Crippen molar-refractivity contribution in [3.63, 3.8) is 0 Å². The van der Waals surface area contributed by atoms with Crippen LogP contribution in [0.2, 0.25) is 0 Å². The molecular formula is C15H17N3O7S. The van der Waals surface area contributed by atoms with Crippen LogP contribution in [-0.2, 0) is 21.8 Å². The smallest absolute Gasteiger partial charge is 0.355 e. The number of methoxy groups -OCH3 is 1. The molecule has 140 valence electrons. The van der Waals surface area contributed by atoms with Crippen molar-refractivity contribution in [2.45, 2.75) is 11.8 Å². The SMILES string of the molecule is CCOC(=O)c1cc(NS(=O)(=O)c2ccc(OC)cc2[N+](=O)[O-])cn1C. The van der Waals surface area contributed by atoms with Crippen LogP contribution in [0.4, 0.5) is 11.4 Å². The van der Waals surface area contributed by atoms with E-state index in [1.165, 1.54) is 30.0 Å². The standard InChI is InChI=1S/C15H17N3O7S/c1-4-25-15(19)13-7-10(9-17(13)2)16-26(22,23)14-6-5-11(24-3)8-12(14)18(20)21/h5-9,16H,4H2,1-3H3. The summed E-state index contributed by atoms with van der Waals surface area (Å²) in [4.78, 5) is 21.7. The summed E-state index contributed by atoms with van der Waals surface area (Å²) in [6.07, 6.45) is 1.36. The van der Waals surface area contributed by atoms with Crippen LogP contribution in [0.1, 0.15) is 17.4 Å². The van der Waals surface area contributed by atoms with Gasteiger partial charge in [0.2, 0.25) is 0 Å². The van der Waals surface area contributed by atoms with Gasteiger partial charge < -0.3 is 14.0 Å². The third-order valence-electron chi connectivity index (χ3n) is 3.39. The van der Waals surface area contributed by atoms with Crippen LogP contribution in [-0.4, -0.2) is 37.6 Å². The zero-order chi connectivity index (χ0) is 19.5. The van der Waals surface area contributed by atoms with E-state index in [1.807, 2.05) is 0 Å². The number of sulfonamides is 1. The van der Waals surface area contributed by atoms with Crippen molar-refractivity contribution in [2.24, 2.45) is 7.05 Å². The summed E-state index contributed by atoms with van der Waals surface area (Å²) in [7, 11) is -1.41. The fourth-order valence-electron chi connectivity index (χ4n) is 2.23. The lowest BCUT2D eigenvalue weighted by atomic mass is 10.3. The van der Waals surface area contributed by atoms with Crippen LogP contribution in [0.5, 0.6) is 5.75 Å². The molecule has 10 nitrogen and oxygen atoms in total. The van der Waals surface area contributed by atoms with Crippen LogP contribution in [0.15, 0.2) is 35.4 Å². The van der Waals surface area contributed by atoms with E-state index in [4.69, 9.17) is 9.47 Å². The van der Waals surface area contributed by atoms with Gasteiger partial charge in [0, 0.05) is 13.2 Å². The molecule has 0 aliphatic heterocycles. The molecule has 0 fully saturated rings. The third kappa shape index (κ3) is 3.94. The maximum absolute atomic E-state index is 12.6. The van der Waals surface area contributed by atoms with Gasteiger partial charge in [-0.3, -0.25) is 14.8 Å². The Labute approximate surface area is 149 Å². The normalized spacial score (nSPS) is 11.0. The second-order valence-electron chi connectivity index (χ2n) is 5.14. The second-order valence-corrected chi connectivity index (χ2v) is 6.79. The molecule has 0 bridgehead atoms. The third-order valence-corrected chi connectivity index (χ3v) is 4.82. The molecule has 1 aromatic heterocycles. The van der Waals surface area contributed by atoms with E-state index in [2.05, 4.69) is 4.72 Å². The predicted octanol–water partition coefficient (Wildman–Crippen LogP) is 1.92. The monoisotopic (exact) mass is 383 g/mol. The number of nitro benzene ring substituents is 1. The van der Waals surface area contributed by atoms with E-state index in [1.54, 1.807) is 14.0 Å². The molecular weight excluding hydrogens is 366 g/mol. The fraction of sp³-hybridized carbons (Fsp3) is 0.267. The van der Waals surface area contributed by atoms with Gasteiger partial charge in [0.15, 0.2) is 4.90 Å². The van der Waals surface area contributed by atoms with Crippen LogP contribution >= 0.6 is 0 Å². The Morgan fingerprint density at radius 1 is 1.35 bits per heavy atom. The van der Waals surface area contributed by atoms with Gasteiger partial charge in [-0.1, -0.05) is 0 Å². The molecule has 11 heteroatoms. The summed E-state index contributed by atoms with van der Waals surface area (Å²) in [6.45, 7) is 1.82. The molecule has 26 heavy (non-hydrogen) atoms. The Balaban J connectivity index is 2.40. The van der Waals surface area contributed by atoms with Crippen molar-refractivity contribution in [2.75, 3.05) is 18.4 Å². The first-order chi connectivity index (χ1) is 12.2. The van der Waals surface area contributed by atoms with Crippen molar-refractivity contribution in [1.82, 2.24) is 4.57 Å². The molecule has 0 amide bonds. The molecule has 2 aromatic rings. The Morgan fingerprint density at radius 2 is 2.04 bits per heavy atom. The lowest BCUT2D eigenvalue weighted by molar-refractivity contribution is -0.387. The number of rotatable bonds is 7. The summed E-state index contributed by atoms with van der Waals surface area (Å²) < 4.78 is 38.5. The van der Waals surface area contributed by atoms with Gasteiger partial charge >= 0.3 is 5.97 Å². The van der Waals surface area contributed by atoms with Crippen molar-refractivity contribution in [3.05, 3.63) is 46.3 Å². The lowest BCUT2D eigenvalue weighted by Crippen LogP contribution is -2.14. The zero-order valence-corrected chi connectivity index (χ0v) is 15.1. The first kappa shape index (κ1) is 19.2. The number of nitrogens with zero attached hydrogens (tertiary/aromatic N) is 2. The number of anilines is 1. The number of hydrogen-bond acceptors (Lipinski definition) is 7. The van der Waals surface area contributed by atoms with Crippen molar-refractivity contribution >= 4 is 27.4 Å². The zero-order valence-electron chi connectivity index (χ0n) is 14.3. The molecule has 0 unspecified atom stereocenters. The number of nitro groups is 1. The molecule has 0 radical (unpaired) electrons. The number of aryl methyl sites for hydroxylation is 1. The minimum Gasteiger partial charge on any atom is -0.497 e. The molecule has 1 N–H and O–H groups in total. The number of ether oxygens (including phenoxy) is 2. The highest BCUT2D eigenvalue weighted by molar-refractivity contribution is 7.92. The fourth-order valence-corrected chi connectivity index (χ4v) is 3.42. The Morgan fingerprint density at radius 3 is 2.62 bits per heavy atom. The van der Waals surface area contributed by atoms with Gasteiger partial charge in [-0.2, -0.15) is 0 Å². The Hall–Kier alpha value is -3.08. The number of hydrogen-bond donors (Lipinski definition) is 1. The topological polar surface area (TPSA) is 130 Å². The summed E-state index contributed by atoms with van der Waals surface area (Å²) in [5.74, 6) is -0.462. The Kier molecular flexibility index (Phi) is 5.50. The van der Waals surface area contributed by atoms with Crippen molar-refractivity contribution in [3.8, 4) is 5.75 Å². The summed E-state index contributed by atoms with van der Waals surface area (Å²) in [5, 5.41) is 11.2. The minimum absolute atomic E-state index is 0.0701. The van der Waals surface area contributed by atoms with Crippen LogP contribution in [0, 0.1) is 10.1 Å². The summed E-state index contributed by atoms with van der Waals surface area (Å²) in [6, 6.07) is 4.68. The largest absolute Gasteiger partial charge is 0.497 e. The van der Waals surface area contributed by atoms with E-state index in [9.17, 15) is 23.3 Å². The van der Waals surface area contributed by atoms with Gasteiger partial charge in [0.05, 0.1) is 30.4 Å². The predicted molar refractivity (Wildman–Crippen MR) is 91.8 cm³/mol. The van der Waals surface area contributed by atoms with Crippen molar-refractivity contribution in [1.29, 1.82) is 0 Å². The molecule has 0 aliphatic rings. The van der Waals surface area contributed by atoms with Gasteiger partial charge in [0.25, 0.3) is 15.7 Å². The van der Waals surface area contributed by atoms with Gasteiger partial charge in [-0.15, -0.1) is 0 Å². The van der Waals surface area contributed by atoms with Crippen LogP contribution in [0.3, 0.4) is 0 Å². The molecule has 0 spiro atoms. The van der Waals surface area contributed by atoms with Gasteiger partial charge in [-0.05, 0) is 25.1 Å². The van der Waals surface area contributed by atoms with Gasteiger partial charge in [0.1, 0.15) is 11.4 Å². The van der Waals surface area contributed by atoms with Gasteiger partial charge in [-0.25, -0.2) is 13.2 Å². The number of aromatic nitrogens is 1. The average Bonchev–Trinajstić information content (AvgIpc) is 2.94. The molecule has 0 aliphatic carbocycles. The second kappa shape index (κ2) is 7.44. The maximum Gasteiger partial charge on any atom is 0.355 e. The minimum atomic E-state index is -4.27. The van der Waals surface area contributed by atoms with Crippen molar-refractivity contribution < 1.29 is 27.6 Å². The molecule has 1 heterocycles. The first-order valence-electron chi connectivity index (χ1n) is 7.38. The van der Waals surface area contributed by atoms with E-state index in [0.29, 0.717) is 0 Å². The number of carbonyl (C=O) groups is 1. The summed E-state index contributed by atoms with van der Waals surface area (Å²) in [5.41, 5.74) is -0.423. The van der Waals surface area contributed by atoms with E-state index < -0.39 is 31.5 Å². The molecule has 0 atom stereocenters. The van der Waals surface area contributed by atoms with Crippen LogP contribution < -0.4 is 9.46 Å². The Bertz CT molecular complexity index is 950. The summed E-state index contributed by atoms with van der Waals surface area (Å²) >= 11 is 0. The molecule has 0 saturated carbocycles. The first-order valence-corrected chi connectivity index (χ1v) is 8.86. The maximum atomic E-state index is 12.6. The number of esters is 1. The number of benzene rings is 1. The van der Waals surface area contributed by atoms with E-state index in [-0.39, 0.29) is 23.7 Å². The molecule has 2 rings (SSSR count). The average molecular weight is 383 g/mol. The lowest BCUT2D eigenvalue weighted by Gasteiger charge is -2.08. The van der Waals surface area contributed by atoms with E-state index >= 15 is 0 Å². The van der Waals surface area contributed by atoms with E-state index in [0.717, 1.165) is 12.1 Å². The highest BCUT2D eigenvalue weighted by atomic mass is 32.2. The molecule has 0 saturated heterocycles. The number of nitrogens with one attached hydrogen (secondary N) is 1. The quantitative estimate of drug-likeness (QED) is 0.439. The number of carbonyl (C=O) groups excluding carboxylic acids is 1.